The first-order valence-electron chi connectivity index (χ1n) is 6.15. The summed E-state index contributed by atoms with van der Waals surface area (Å²) >= 11 is 0.522. The molecule has 0 unspecified atom stereocenters. The third-order valence-electron chi connectivity index (χ3n) is 2.70. The van der Waals surface area contributed by atoms with Crippen molar-refractivity contribution in [2.24, 2.45) is 0 Å². The molecule has 0 saturated carbocycles. The van der Waals surface area contributed by atoms with Gasteiger partial charge >= 0.3 is 116 Å². The van der Waals surface area contributed by atoms with Gasteiger partial charge in [-0.3, -0.25) is 0 Å². The molecule has 0 spiro atoms. The zero-order valence-electron chi connectivity index (χ0n) is 11.0. The van der Waals surface area contributed by atoms with E-state index in [1.165, 1.54) is 20.9 Å². The van der Waals surface area contributed by atoms with Crippen molar-refractivity contribution >= 4 is 19.4 Å². The summed E-state index contributed by atoms with van der Waals surface area (Å²) in [5, 5.41) is 1.18. The van der Waals surface area contributed by atoms with E-state index >= 15 is 0 Å². The van der Waals surface area contributed by atoms with Gasteiger partial charge in [0.05, 0.1) is 0 Å². The molecule has 0 fully saturated rings. The molecule has 0 aromatic heterocycles. The topological polar surface area (TPSA) is 3.24 Å². The normalized spacial score (nSPS) is 10.8. The quantitative estimate of drug-likeness (QED) is 0.766. The van der Waals surface area contributed by atoms with Crippen LogP contribution in [0.1, 0.15) is 11.1 Å². The predicted molar refractivity (Wildman–Crippen MR) is 79.4 cm³/mol. The molecule has 0 heterocycles. The Kier molecular flexibility index (Phi) is 5.00. The van der Waals surface area contributed by atoms with Crippen molar-refractivity contribution in [2.45, 2.75) is 11.9 Å². The molecular formula is C16H19NSe. The molecule has 0 saturated heterocycles. The van der Waals surface area contributed by atoms with Crippen LogP contribution in [0.3, 0.4) is 0 Å². The van der Waals surface area contributed by atoms with Crippen LogP contribution in [0.25, 0.3) is 0 Å². The summed E-state index contributed by atoms with van der Waals surface area (Å²) in [5.41, 5.74) is 2.91. The molecule has 2 heteroatoms. The van der Waals surface area contributed by atoms with Crippen molar-refractivity contribution in [3.8, 4) is 0 Å². The van der Waals surface area contributed by atoms with Crippen LogP contribution in [0.2, 0.25) is 0 Å². The fourth-order valence-corrected chi connectivity index (χ4v) is 3.96. The van der Waals surface area contributed by atoms with Gasteiger partial charge in [-0.05, 0) is 0 Å². The van der Waals surface area contributed by atoms with E-state index in [9.17, 15) is 0 Å². The third-order valence-corrected chi connectivity index (χ3v) is 5.19. The monoisotopic (exact) mass is 305 g/mol. The molecule has 1 nitrogen and oxygen atoms in total. The molecular weight excluding hydrogens is 285 g/mol. The molecule has 0 aliphatic heterocycles. The van der Waals surface area contributed by atoms with E-state index in [1.54, 1.807) is 0 Å². The Morgan fingerprint density at radius 2 is 1.56 bits per heavy atom. The SMILES string of the molecule is CN(C)Cc1ccccc1[Se]Cc1ccccc1. The minimum absolute atomic E-state index is 0.522. The summed E-state index contributed by atoms with van der Waals surface area (Å²) in [5.74, 6) is 0. The van der Waals surface area contributed by atoms with Crippen LogP contribution in [-0.2, 0) is 11.9 Å². The molecule has 0 atom stereocenters. The molecule has 2 aromatic rings. The van der Waals surface area contributed by atoms with Crippen molar-refractivity contribution in [3.05, 3.63) is 65.7 Å². The van der Waals surface area contributed by atoms with Gasteiger partial charge in [0.15, 0.2) is 0 Å². The number of benzene rings is 2. The Morgan fingerprint density at radius 1 is 0.889 bits per heavy atom. The Hall–Kier alpha value is -1.08. The van der Waals surface area contributed by atoms with Crippen LogP contribution >= 0.6 is 0 Å². The molecule has 18 heavy (non-hydrogen) atoms. The fraction of sp³-hybridized carbons (Fsp3) is 0.250. The summed E-state index contributed by atoms with van der Waals surface area (Å²) in [7, 11) is 4.25. The fourth-order valence-electron chi connectivity index (χ4n) is 1.85. The number of hydrogen-bond donors (Lipinski definition) is 0. The third kappa shape index (κ3) is 3.99. The Labute approximate surface area is 116 Å². The van der Waals surface area contributed by atoms with E-state index in [-0.39, 0.29) is 0 Å². The average molecular weight is 304 g/mol. The van der Waals surface area contributed by atoms with Crippen LogP contribution in [0, 0.1) is 0 Å². The van der Waals surface area contributed by atoms with Crippen LogP contribution in [0.4, 0.5) is 0 Å². The first-order chi connectivity index (χ1) is 8.75. The van der Waals surface area contributed by atoms with Gasteiger partial charge in [0, 0.05) is 0 Å². The standard InChI is InChI=1S/C16H19NSe/c1-17(2)12-15-10-6-7-11-16(15)18-13-14-8-4-3-5-9-14/h3-11H,12-13H2,1-2H3. The van der Waals surface area contributed by atoms with Crippen LogP contribution in [0.15, 0.2) is 54.6 Å². The molecule has 0 N–H and O–H groups in total. The Balaban J connectivity index is 2.05. The molecule has 0 aliphatic carbocycles. The van der Waals surface area contributed by atoms with Crippen LogP contribution in [-0.4, -0.2) is 34.0 Å². The van der Waals surface area contributed by atoms with E-state index < -0.39 is 0 Å². The molecule has 0 radical (unpaired) electrons. The summed E-state index contributed by atoms with van der Waals surface area (Å²) in [6, 6.07) is 19.6. The van der Waals surface area contributed by atoms with Gasteiger partial charge in [-0.2, -0.15) is 0 Å². The van der Waals surface area contributed by atoms with Crippen molar-refractivity contribution in [1.29, 1.82) is 0 Å². The predicted octanol–water partition coefficient (Wildman–Crippen LogP) is 2.28. The summed E-state index contributed by atoms with van der Waals surface area (Å²) < 4.78 is 1.53. The van der Waals surface area contributed by atoms with E-state index in [0.29, 0.717) is 15.0 Å². The maximum absolute atomic E-state index is 2.28. The van der Waals surface area contributed by atoms with Crippen LogP contribution < -0.4 is 4.46 Å². The number of nitrogens with zero attached hydrogens (tertiary/aromatic N) is 1. The van der Waals surface area contributed by atoms with Gasteiger partial charge in [0.1, 0.15) is 0 Å². The van der Waals surface area contributed by atoms with Crippen molar-refractivity contribution in [2.75, 3.05) is 14.1 Å². The van der Waals surface area contributed by atoms with Gasteiger partial charge in [-0.25, -0.2) is 0 Å². The van der Waals surface area contributed by atoms with E-state index in [4.69, 9.17) is 0 Å². The number of hydrogen-bond acceptors (Lipinski definition) is 1. The Morgan fingerprint density at radius 3 is 2.28 bits per heavy atom. The molecule has 0 aliphatic rings. The van der Waals surface area contributed by atoms with Gasteiger partial charge in [-0.1, -0.05) is 0 Å². The maximum atomic E-state index is 2.28. The Bertz CT molecular complexity index is 479. The van der Waals surface area contributed by atoms with Crippen molar-refractivity contribution in [3.63, 3.8) is 0 Å². The average Bonchev–Trinajstić information content (AvgIpc) is 2.38. The van der Waals surface area contributed by atoms with E-state index in [2.05, 4.69) is 73.6 Å². The second kappa shape index (κ2) is 6.75. The van der Waals surface area contributed by atoms with Gasteiger partial charge in [0.2, 0.25) is 0 Å². The summed E-state index contributed by atoms with van der Waals surface area (Å²) in [4.78, 5) is 2.23. The van der Waals surface area contributed by atoms with E-state index in [0.717, 1.165) is 6.54 Å². The second-order valence-electron chi connectivity index (χ2n) is 4.62. The zero-order valence-corrected chi connectivity index (χ0v) is 12.7. The molecule has 94 valence electrons. The summed E-state index contributed by atoms with van der Waals surface area (Å²) in [6.45, 7) is 1.03. The molecule has 0 amide bonds. The summed E-state index contributed by atoms with van der Waals surface area (Å²) in [6.07, 6.45) is 0. The van der Waals surface area contributed by atoms with Crippen molar-refractivity contribution < 1.29 is 0 Å². The van der Waals surface area contributed by atoms with Gasteiger partial charge in [-0.15, -0.1) is 0 Å². The van der Waals surface area contributed by atoms with Gasteiger partial charge < -0.3 is 0 Å². The number of rotatable bonds is 5. The molecule has 2 aromatic carbocycles. The van der Waals surface area contributed by atoms with Crippen molar-refractivity contribution in [1.82, 2.24) is 4.90 Å². The minimum atomic E-state index is 0.522. The van der Waals surface area contributed by atoms with Gasteiger partial charge in [0.25, 0.3) is 0 Å². The van der Waals surface area contributed by atoms with Crippen LogP contribution in [0.5, 0.6) is 0 Å². The second-order valence-corrected chi connectivity index (χ2v) is 6.75. The first kappa shape index (κ1) is 13.4. The van der Waals surface area contributed by atoms with E-state index in [1.807, 2.05) is 0 Å². The zero-order chi connectivity index (χ0) is 12.8. The first-order valence-corrected chi connectivity index (χ1v) is 8.22. The molecule has 2 rings (SSSR count). The molecule has 0 bridgehead atoms.